The fourth-order valence-corrected chi connectivity index (χ4v) is 4.12. The van der Waals surface area contributed by atoms with Crippen molar-refractivity contribution in [2.75, 3.05) is 6.54 Å². The van der Waals surface area contributed by atoms with Crippen molar-refractivity contribution in [2.24, 2.45) is 7.05 Å². The molecule has 34 heavy (non-hydrogen) atoms. The molecular formula is C29H33N3O2. The molecule has 2 atom stereocenters. The molecule has 1 heterocycles. The lowest BCUT2D eigenvalue weighted by atomic mass is 10.0. The van der Waals surface area contributed by atoms with Crippen LogP contribution in [0.2, 0.25) is 0 Å². The van der Waals surface area contributed by atoms with Gasteiger partial charge >= 0.3 is 0 Å². The number of ether oxygens (including phenoxy) is 1. The molecule has 0 unspecified atom stereocenters. The first-order valence-electron chi connectivity index (χ1n) is 11.9. The highest BCUT2D eigenvalue weighted by Crippen LogP contribution is 2.35. The van der Waals surface area contributed by atoms with Gasteiger partial charge in [0.2, 0.25) is 5.88 Å². The van der Waals surface area contributed by atoms with Gasteiger partial charge in [0.15, 0.2) is 0 Å². The summed E-state index contributed by atoms with van der Waals surface area (Å²) in [6.45, 7) is 5.51. The third-order valence-corrected chi connectivity index (χ3v) is 6.26. The van der Waals surface area contributed by atoms with Crippen LogP contribution >= 0.6 is 0 Å². The van der Waals surface area contributed by atoms with Gasteiger partial charge in [0.25, 0.3) is 0 Å². The predicted molar refractivity (Wildman–Crippen MR) is 137 cm³/mol. The zero-order chi connectivity index (χ0) is 23.9. The molecule has 5 nitrogen and oxygen atoms in total. The third-order valence-electron chi connectivity index (χ3n) is 6.26. The zero-order valence-electron chi connectivity index (χ0n) is 20.1. The van der Waals surface area contributed by atoms with Crippen LogP contribution in [-0.4, -0.2) is 32.4 Å². The van der Waals surface area contributed by atoms with E-state index in [1.165, 1.54) is 0 Å². The van der Waals surface area contributed by atoms with E-state index in [1.54, 1.807) is 0 Å². The van der Waals surface area contributed by atoms with E-state index in [2.05, 4.69) is 30.9 Å². The summed E-state index contributed by atoms with van der Waals surface area (Å²) in [7, 11) is 1.92. The second kappa shape index (κ2) is 11.1. The molecule has 176 valence electrons. The van der Waals surface area contributed by atoms with Gasteiger partial charge in [-0.3, -0.25) is 4.90 Å². The first-order valence-corrected chi connectivity index (χ1v) is 11.9. The summed E-state index contributed by atoms with van der Waals surface area (Å²) >= 11 is 0. The number of benzene rings is 3. The molecule has 0 aliphatic heterocycles. The van der Waals surface area contributed by atoms with Gasteiger partial charge in [-0.25, -0.2) is 4.68 Å². The minimum Gasteiger partial charge on any atom is -0.439 e. The van der Waals surface area contributed by atoms with Crippen molar-refractivity contribution in [1.82, 2.24) is 14.7 Å². The number of nitrogens with zero attached hydrogens (tertiary/aromatic N) is 3. The van der Waals surface area contributed by atoms with E-state index in [9.17, 15) is 5.11 Å². The second-order valence-electron chi connectivity index (χ2n) is 8.65. The number of hydrogen-bond donors (Lipinski definition) is 1. The van der Waals surface area contributed by atoms with Gasteiger partial charge in [-0.1, -0.05) is 85.8 Å². The lowest BCUT2D eigenvalue weighted by Crippen LogP contribution is -2.35. The predicted octanol–water partition coefficient (Wildman–Crippen LogP) is 6.21. The number of aliphatic hydroxyl groups is 1. The Labute approximate surface area is 202 Å². The smallest absolute Gasteiger partial charge is 0.222 e. The lowest BCUT2D eigenvalue weighted by molar-refractivity contribution is 0.0844. The van der Waals surface area contributed by atoms with E-state index in [0.29, 0.717) is 19.0 Å². The maximum atomic E-state index is 11.0. The lowest BCUT2D eigenvalue weighted by Gasteiger charge is -2.31. The van der Waals surface area contributed by atoms with E-state index < -0.39 is 6.10 Å². The van der Waals surface area contributed by atoms with Crippen molar-refractivity contribution in [2.45, 2.75) is 39.0 Å². The number of aryl methyl sites for hydroxylation is 1. The molecule has 0 aliphatic carbocycles. The topological polar surface area (TPSA) is 50.5 Å². The van der Waals surface area contributed by atoms with E-state index in [1.807, 2.05) is 90.6 Å². The number of rotatable bonds is 10. The Morgan fingerprint density at radius 1 is 0.912 bits per heavy atom. The normalized spacial score (nSPS) is 13.1. The molecule has 0 amide bonds. The van der Waals surface area contributed by atoms with Crippen molar-refractivity contribution in [3.05, 3.63) is 102 Å². The van der Waals surface area contributed by atoms with Crippen molar-refractivity contribution in [3.8, 4) is 22.9 Å². The van der Waals surface area contributed by atoms with Crippen molar-refractivity contribution in [1.29, 1.82) is 0 Å². The summed E-state index contributed by atoms with van der Waals surface area (Å²) in [6, 6.07) is 30.1. The number of para-hydroxylation sites is 1. The van der Waals surface area contributed by atoms with Crippen molar-refractivity contribution in [3.63, 3.8) is 0 Å². The highest BCUT2D eigenvalue weighted by molar-refractivity contribution is 5.65. The first kappa shape index (κ1) is 23.7. The van der Waals surface area contributed by atoms with Gasteiger partial charge in [-0.2, -0.15) is 5.10 Å². The third kappa shape index (κ3) is 5.56. The van der Waals surface area contributed by atoms with Crippen LogP contribution < -0.4 is 4.74 Å². The SMILES string of the molecule is CC[C@H](C)N(Cc1c(-c2ccccc2)nn(C)c1Oc1ccccc1)C[C@@H](O)c1ccccc1. The summed E-state index contributed by atoms with van der Waals surface area (Å²) < 4.78 is 8.17. The Morgan fingerprint density at radius 3 is 2.12 bits per heavy atom. The maximum absolute atomic E-state index is 11.0. The van der Waals surface area contributed by atoms with Crippen LogP contribution in [-0.2, 0) is 13.6 Å². The van der Waals surface area contributed by atoms with Crippen LogP contribution in [0.1, 0.15) is 37.5 Å². The van der Waals surface area contributed by atoms with Crippen molar-refractivity contribution < 1.29 is 9.84 Å². The summed E-state index contributed by atoms with van der Waals surface area (Å²) in [6.07, 6.45) is 0.391. The molecule has 4 rings (SSSR count). The Balaban J connectivity index is 1.71. The maximum Gasteiger partial charge on any atom is 0.222 e. The van der Waals surface area contributed by atoms with E-state index in [-0.39, 0.29) is 6.04 Å². The monoisotopic (exact) mass is 455 g/mol. The molecule has 0 bridgehead atoms. The highest BCUT2D eigenvalue weighted by Gasteiger charge is 2.25. The molecule has 0 fully saturated rings. The molecule has 5 heteroatoms. The van der Waals surface area contributed by atoms with Gasteiger partial charge in [-0.05, 0) is 31.0 Å². The van der Waals surface area contributed by atoms with Crippen LogP contribution in [0.4, 0.5) is 0 Å². The first-order chi connectivity index (χ1) is 16.6. The summed E-state index contributed by atoms with van der Waals surface area (Å²) in [5.74, 6) is 1.48. The average molecular weight is 456 g/mol. The van der Waals surface area contributed by atoms with Gasteiger partial charge in [0.05, 0.1) is 11.7 Å². The molecule has 0 saturated carbocycles. The summed E-state index contributed by atoms with van der Waals surface area (Å²) in [5, 5.41) is 15.9. The van der Waals surface area contributed by atoms with Crippen LogP contribution in [0, 0.1) is 0 Å². The van der Waals surface area contributed by atoms with E-state index >= 15 is 0 Å². The molecule has 0 spiro atoms. The number of aromatic nitrogens is 2. The Kier molecular flexibility index (Phi) is 7.78. The summed E-state index contributed by atoms with van der Waals surface area (Å²) in [4.78, 5) is 2.32. The minimum atomic E-state index is -0.578. The van der Waals surface area contributed by atoms with Crippen molar-refractivity contribution >= 4 is 0 Å². The molecule has 0 radical (unpaired) electrons. The largest absolute Gasteiger partial charge is 0.439 e. The van der Waals surface area contributed by atoms with Crippen LogP contribution in [0.15, 0.2) is 91.0 Å². The standard InChI is InChI=1S/C29H33N3O2/c1-4-22(2)32(21-27(33)23-14-8-5-9-15-23)20-26-28(24-16-10-6-11-17-24)30-31(3)29(26)34-25-18-12-7-13-19-25/h5-19,22,27,33H,4,20-21H2,1-3H3/t22-,27+/m0/s1. The van der Waals surface area contributed by atoms with Gasteiger partial charge in [-0.15, -0.1) is 0 Å². The van der Waals surface area contributed by atoms with E-state index in [0.717, 1.165) is 34.6 Å². The molecular weight excluding hydrogens is 422 g/mol. The fraction of sp³-hybridized carbons (Fsp3) is 0.276. The Morgan fingerprint density at radius 2 is 1.50 bits per heavy atom. The molecule has 1 aromatic heterocycles. The van der Waals surface area contributed by atoms with Gasteiger partial charge < -0.3 is 9.84 Å². The quantitative estimate of drug-likeness (QED) is 0.309. The second-order valence-corrected chi connectivity index (χ2v) is 8.65. The minimum absolute atomic E-state index is 0.270. The average Bonchev–Trinajstić information content (AvgIpc) is 3.19. The number of aliphatic hydroxyl groups excluding tert-OH is 1. The molecule has 3 aromatic carbocycles. The van der Waals surface area contributed by atoms with Gasteiger partial charge in [0.1, 0.15) is 11.4 Å². The van der Waals surface area contributed by atoms with Crippen LogP contribution in [0.5, 0.6) is 11.6 Å². The highest BCUT2D eigenvalue weighted by atomic mass is 16.5. The Bertz CT molecular complexity index is 1160. The number of hydrogen-bond acceptors (Lipinski definition) is 4. The van der Waals surface area contributed by atoms with Crippen LogP contribution in [0.3, 0.4) is 0 Å². The summed E-state index contributed by atoms with van der Waals surface area (Å²) in [5.41, 5.74) is 3.88. The molecule has 0 aliphatic rings. The molecule has 0 saturated heterocycles. The van der Waals surface area contributed by atoms with Gasteiger partial charge in [0, 0.05) is 31.7 Å². The Hall–Kier alpha value is -3.41. The van der Waals surface area contributed by atoms with E-state index in [4.69, 9.17) is 9.84 Å². The molecule has 4 aromatic rings. The zero-order valence-corrected chi connectivity index (χ0v) is 20.1. The molecule has 1 N–H and O–H groups in total. The van der Waals surface area contributed by atoms with Crippen LogP contribution in [0.25, 0.3) is 11.3 Å². The fourth-order valence-electron chi connectivity index (χ4n) is 4.12.